The fourth-order valence-corrected chi connectivity index (χ4v) is 2.17. The Bertz CT molecular complexity index is 334. The van der Waals surface area contributed by atoms with E-state index in [1.54, 1.807) is 0 Å². The van der Waals surface area contributed by atoms with Crippen LogP contribution in [0.5, 0.6) is 0 Å². The van der Waals surface area contributed by atoms with E-state index in [1.165, 1.54) is 19.3 Å². The maximum atomic E-state index is 6.06. The molecule has 82 valence electrons. The van der Waals surface area contributed by atoms with Crippen LogP contribution in [-0.4, -0.2) is 6.54 Å². The summed E-state index contributed by atoms with van der Waals surface area (Å²) in [6.45, 7) is 1.92. The summed E-state index contributed by atoms with van der Waals surface area (Å²) in [7, 11) is 0. The van der Waals surface area contributed by atoms with Crippen molar-refractivity contribution >= 4 is 23.2 Å². The summed E-state index contributed by atoms with van der Waals surface area (Å²) in [6, 6.07) is 5.60. The normalized spacial score (nSPS) is 16.4. The third-order valence-electron chi connectivity index (χ3n) is 2.98. The Morgan fingerprint density at radius 3 is 2.73 bits per heavy atom. The standard InChI is InChI=1S/C12H15Cl2N/c13-11-4-5-12(14)10(6-11)8-15-7-9-2-1-3-9/h4-6,9,15H,1-3,7-8H2. The zero-order valence-electron chi connectivity index (χ0n) is 8.60. The molecule has 0 bridgehead atoms. The molecule has 2 rings (SSSR count). The average molecular weight is 244 g/mol. The van der Waals surface area contributed by atoms with E-state index in [2.05, 4.69) is 5.32 Å². The van der Waals surface area contributed by atoms with Gasteiger partial charge in [0.05, 0.1) is 0 Å². The molecule has 0 unspecified atom stereocenters. The molecule has 0 radical (unpaired) electrons. The van der Waals surface area contributed by atoms with Crippen molar-refractivity contribution in [3.8, 4) is 0 Å². The molecule has 0 atom stereocenters. The predicted octanol–water partition coefficient (Wildman–Crippen LogP) is 3.88. The van der Waals surface area contributed by atoms with Gasteiger partial charge in [-0.3, -0.25) is 0 Å². The van der Waals surface area contributed by atoms with Gasteiger partial charge in [0.1, 0.15) is 0 Å². The van der Waals surface area contributed by atoms with Gasteiger partial charge < -0.3 is 5.32 Å². The molecule has 0 aliphatic heterocycles. The minimum absolute atomic E-state index is 0.750. The molecule has 1 aliphatic carbocycles. The summed E-state index contributed by atoms with van der Waals surface area (Å²) in [5.41, 5.74) is 1.09. The van der Waals surface area contributed by atoms with Gasteiger partial charge in [-0.2, -0.15) is 0 Å². The zero-order chi connectivity index (χ0) is 10.7. The first-order valence-corrected chi connectivity index (χ1v) is 6.16. The van der Waals surface area contributed by atoms with E-state index in [9.17, 15) is 0 Å². The first kappa shape index (κ1) is 11.3. The van der Waals surface area contributed by atoms with Crippen molar-refractivity contribution in [2.24, 2.45) is 5.92 Å². The smallest absolute Gasteiger partial charge is 0.0451 e. The molecule has 1 saturated carbocycles. The van der Waals surface area contributed by atoms with Gasteiger partial charge in [0.25, 0.3) is 0 Å². The highest BCUT2D eigenvalue weighted by atomic mass is 35.5. The van der Waals surface area contributed by atoms with Gasteiger partial charge in [0.2, 0.25) is 0 Å². The maximum Gasteiger partial charge on any atom is 0.0451 e. The van der Waals surface area contributed by atoms with Crippen molar-refractivity contribution in [1.29, 1.82) is 0 Å². The number of rotatable bonds is 4. The SMILES string of the molecule is Clc1ccc(Cl)c(CNCC2CCC2)c1. The van der Waals surface area contributed by atoms with Crippen LogP contribution in [0.25, 0.3) is 0 Å². The number of benzene rings is 1. The van der Waals surface area contributed by atoms with Crippen LogP contribution in [0.3, 0.4) is 0 Å². The highest BCUT2D eigenvalue weighted by Gasteiger charge is 2.16. The van der Waals surface area contributed by atoms with E-state index < -0.39 is 0 Å². The Hall–Kier alpha value is -0.240. The lowest BCUT2D eigenvalue weighted by Gasteiger charge is -2.25. The number of hydrogen-bond acceptors (Lipinski definition) is 1. The number of hydrogen-bond donors (Lipinski definition) is 1. The van der Waals surface area contributed by atoms with E-state index in [1.807, 2.05) is 18.2 Å². The summed E-state index contributed by atoms with van der Waals surface area (Å²) in [4.78, 5) is 0. The van der Waals surface area contributed by atoms with Gasteiger partial charge in [-0.05, 0) is 49.1 Å². The van der Waals surface area contributed by atoms with Crippen molar-refractivity contribution in [3.05, 3.63) is 33.8 Å². The van der Waals surface area contributed by atoms with Crippen molar-refractivity contribution < 1.29 is 0 Å². The van der Waals surface area contributed by atoms with Gasteiger partial charge in [-0.25, -0.2) is 0 Å². The van der Waals surface area contributed by atoms with E-state index >= 15 is 0 Å². The molecule has 0 amide bonds. The summed E-state index contributed by atoms with van der Waals surface area (Å²) in [5, 5.41) is 4.97. The Morgan fingerprint density at radius 2 is 2.07 bits per heavy atom. The van der Waals surface area contributed by atoms with Crippen LogP contribution in [-0.2, 0) is 6.54 Å². The van der Waals surface area contributed by atoms with Gasteiger partial charge in [0, 0.05) is 16.6 Å². The van der Waals surface area contributed by atoms with Crippen molar-refractivity contribution in [3.63, 3.8) is 0 Å². The number of halogens is 2. The van der Waals surface area contributed by atoms with Crippen LogP contribution < -0.4 is 5.32 Å². The van der Waals surface area contributed by atoms with Crippen molar-refractivity contribution in [2.75, 3.05) is 6.54 Å². The monoisotopic (exact) mass is 243 g/mol. The van der Waals surface area contributed by atoms with Crippen LogP contribution >= 0.6 is 23.2 Å². The van der Waals surface area contributed by atoms with Crippen LogP contribution in [0, 0.1) is 5.92 Å². The second-order valence-electron chi connectivity index (χ2n) is 4.16. The number of nitrogens with one attached hydrogen (secondary N) is 1. The van der Waals surface area contributed by atoms with Gasteiger partial charge in [-0.1, -0.05) is 29.6 Å². The minimum Gasteiger partial charge on any atom is -0.312 e. The van der Waals surface area contributed by atoms with Gasteiger partial charge in [-0.15, -0.1) is 0 Å². The van der Waals surface area contributed by atoms with Crippen molar-refractivity contribution in [1.82, 2.24) is 5.32 Å². The molecule has 0 heterocycles. The Morgan fingerprint density at radius 1 is 1.27 bits per heavy atom. The fraction of sp³-hybridized carbons (Fsp3) is 0.500. The van der Waals surface area contributed by atoms with E-state index in [-0.39, 0.29) is 0 Å². The Balaban J connectivity index is 1.83. The summed E-state index contributed by atoms with van der Waals surface area (Å²) in [5.74, 6) is 0.878. The summed E-state index contributed by atoms with van der Waals surface area (Å²) < 4.78 is 0. The van der Waals surface area contributed by atoms with Crippen LogP contribution in [0.4, 0.5) is 0 Å². The zero-order valence-corrected chi connectivity index (χ0v) is 10.1. The first-order valence-electron chi connectivity index (χ1n) is 5.40. The largest absolute Gasteiger partial charge is 0.312 e. The minimum atomic E-state index is 0.750. The predicted molar refractivity (Wildman–Crippen MR) is 65.5 cm³/mol. The average Bonchev–Trinajstić information content (AvgIpc) is 2.15. The van der Waals surface area contributed by atoms with Gasteiger partial charge >= 0.3 is 0 Å². The fourth-order valence-electron chi connectivity index (χ4n) is 1.79. The van der Waals surface area contributed by atoms with Crippen molar-refractivity contribution in [2.45, 2.75) is 25.8 Å². The van der Waals surface area contributed by atoms with E-state index in [0.29, 0.717) is 0 Å². The molecule has 0 spiro atoms. The highest BCUT2D eigenvalue weighted by molar-refractivity contribution is 6.33. The van der Waals surface area contributed by atoms with Gasteiger partial charge in [0.15, 0.2) is 0 Å². The lowest BCUT2D eigenvalue weighted by Crippen LogP contribution is -2.26. The summed E-state index contributed by atoms with van der Waals surface area (Å²) >= 11 is 12.0. The molecule has 3 heteroatoms. The first-order chi connectivity index (χ1) is 7.25. The molecule has 0 saturated heterocycles. The lowest BCUT2D eigenvalue weighted by molar-refractivity contribution is 0.301. The van der Waals surface area contributed by atoms with E-state index in [0.717, 1.165) is 34.6 Å². The lowest BCUT2D eigenvalue weighted by atomic mass is 9.85. The maximum absolute atomic E-state index is 6.06. The second kappa shape index (κ2) is 5.20. The highest BCUT2D eigenvalue weighted by Crippen LogP contribution is 2.25. The quantitative estimate of drug-likeness (QED) is 0.847. The molecule has 1 nitrogen and oxygen atoms in total. The topological polar surface area (TPSA) is 12.0 Å². The molecular formula is C12H15Cl2N. The van der Waals surface area contributed by atoms with E-state index in [4.69, 9.17) is 23.2 Å². The molecule has 1 aromatic rings. The third kappa shape index (κ3) is 3.10. The molecule has 1 aliphatic rings. The molecule has 1 N–H and O–H groups in total. The Labute approximate surface area is 101 Å². The molecule has 0 aromatic heterocycles. The van der Waals surface area contributed by atoms with Crippen LogP contribution in [0.2, 0.25) is 10.0 Å². The second-order valence-corrected chi connectivity index (χ2v) is 5.01. The third-order valence-corrected chi connectivity index (χ3v) is 3.58. The Kier molecular flexibility index (Phi) is 3.90. The van der Waals surface area contributed by atoms with Crippen LogP contribution in [0.1, 0.15) is 24.8 Å². The summed E-state index contributed by atoms with van der Waals surface area (Å²) in [6.07, 6.45) is 4.14. The molecule has 1 aromatic carbocycles. The van der Waals surface area contributed by atoms with Crippen LogP contribution in [0.15, 0.2) is 18.2 Å². The molecular weight excluding hydrogens is 229 g/mol. The molecule has 15 heavy (non-hydrogen) atoms. The molecule has 1 fully saturated rings.